The van der Waals surface area contributed by atoms with E-state index in [1.807, 2.05) is 31.2 Å². The zero-order chi connectivity index (χ0) is 16.8. The van der Waals surface area contributed by atoms with E-state index in [4.69, 9.17) is 0 Å². The molecule has 0 bridgehead atoms. The summed E-state index contributed by atoms with van der Waals surface area (Å²) in [4.78, 5) is 17.0. The van der Waals surface area contributed by atoms with Crippen molar-refractivity contribution in [2.45, 2.75) is 26.8 Å². The Balaban J connectivity index is 1.83. The number of carbonyl (C=O) groups excluding carboxylic acids is 1. The molecular weight excluding hydrogens is 288 g/mol. The van der Waals surface area contributed by atoms with E-state index in [2.05, 4.69) is 41.3 Å². The number of hydrogen-bond donors (Lipinski definition) is 2. The van der Waals surface area contributed by atoms with Crippen LogP contribution in [0.2, 0.25) is 0 Å². The van der Waals surface area contributed by atoms with E-state index in [0.29, 0.717) is 18.5 Å². The van der Waals surface area contributed by atoms with Gasteiger partial charge in [-0.05, 0) is 32.0 Å². The quantitative estimate of drug-likeness (QED) is 0.876. The molecule has 1 aromatic rings. The van der Waals surface area contributed by atoms with Crippen LogP contribution in [0.5, 0.6) is 0 Å². The molecule has 1 fully saturated rings. The maximum atomic E-state index is 12.1. The van der Waals surface area contributed by atoms with E-state index < -0.39 is 0 Å². The molecule has 1 aromatic carbocycles. The van der Waals surface area contributed by atoms with Crippen LogP contribution in [-0.4, -0.2) is 61.6 Å². The fourth-order valence-corrected chi connectivity index (χ4v) is 2.95. The number of benzene rings is 1. The Kier molecular flexibility index (Phi) is 6.42. The Hall–Kier alpha value is -1.59. The molecule has 1 atom stereocenters. The van der Waals surface area contributed by atoms with Gasteiger partial charge in [-0.15, -0.1) is 0 Å². The van der Waals surface area contributed by atoms with Crippen LogP contribution in [0, 0.1) is 12.8 Å². The molecule has 0 spiro atoms. The second-order valence-electron chi connectivity index (χ2n) is 6.85. The normalized spacial score (nSPS) is 18.0. The molecule has 5 heteroatoms. The molecule has 5 nitrogen and oxygen atoms in total. The molecule has 0 saturated carbocycles. The summed E-state index contributed by atoms with van der Waals surface area (Å²) in [7, 11) is 2.16. The maximum Gasteiger partial charge on any atom is 0.319 e. The number of anilines is 1. The molecule has 0 aliphatic carbocycles. The van der Waals surface area contributed by atoms with Gasteiger partial charge < -0.3 is 15.5 Å². The van der Waals surface area contributed by atoms with Crippen LogP contribution in [0.4, 0.5) is 10.5 Å². The van der Waals surface area contributed by atoms with Crippen LogP contribution in [-0.2, 0) is 0 Å². The molecule has 2 amide bonds. The minimum atomic E-state index is -0.131. The molecule has 1 aliphatic heterocycles. The molecule has 0 aromatic heterocycles. The molecule has 0 radical (unpaired) electrons. The molecule has 1 aliphatic rings. The average molecular weight is 318 g/mol. The van der Waals surface area contributed by atoms with E-state index in [1.54, 1.807) is 0 Å². The lowest BCUT2D eigenvalue weighted by Crippen LogP contribution is -2.54. The van der Waals surface area contributed by atoms with Crippen LogP contribution in [0.15, 0.2) is 24.3 Å². The molecule has 2 rings (SSSR count). The Morgan fingerprint density at radius 1 is 1.13 bits per heavy atom. The van der Waals surface area contributed by atoms with Crippen LogP contribution < -0.4 is 10.6 Å². The van der Waals surface area contributed by atoms with E-state index >= 15 is 0 Å². The fraction of sp³-hybridized carbons (Fsp3) is 0.611. The van der Waals surface area contributed by atoms with Crippen molar-refractivity contribution in [1.29, 1.82) is 0 Å². The number of piperazine rings is 1. The maximum absolute atomic E-state index is 12.1. The Morgan fingerprint density at radius 2 is 1.74 bits per heavy atom. The summed E-state index contributed by atoms with van der Waals surface area (Å²) >= 11 is 0. The van der Waals surface area contributed by atoms with Gasteiger partial charge in [-0.25, -0.2) is 4.79 Å². The first-order chi connectivity index (χ1) is 11.0. The number of amides is 2. The van der Waals surface area contributed by atoms with Crippen molar-refractivity contribution in [3.8, 4) is 0 Å². The van der Waals surface area contributed by atoms with Gasteiger partial charge in [0.1, 0.15) is 0 Å². The van der Waals surface area contributed by atoms with Gasteiger partial charge in [-0.1, -0.05) is 31.5 Å². The minimum absolute atomic E-state index is 0.131. The largest absolute Gasteiger partial charge is 0.336 e. The van der Waals surface area contributed by atoms with E-state index in [-0.39, 0.29) is 6.03 Å². The SMILES string of the molecule is Cc1ccc(NC(=O)NCC(C(C)C)N2CCN(C)CC2)cc1. The van der Waals surface area contributed by atoms with E-state index in [9.17, 15) is 4.79 Å². The van der Waals surface area contributed by atoms with Crippen molar-refractivity contribution >= 4 is 11.7 Å². The molecule has 1 heterocycles. The first-order valence-corrected chi connectivity index (χ1v) is 8.50. The number of nitrogens with zero attached hydrogens (tertiary/aromatic N) is 2. The Labute approximate surface area is 140 Å². The van der Waals surface area contributed by atoms with E-state index in [1.165, 1.54) is 5.56 Å². The van der Waals surface area contributed by atoms with Gasteiger partial charge in [0.05, 0.1) is 0 Å². The van der Waals surface area contributed by atoms with Crippen LogP contribution in [0.1, 0.15) is 19.4 Å². The summed E-state index contributed by atoms with van der Waals surface area (Å²) < 4.78 is 0. The van der Waals surface area contributed by atoms with Gasteiger partial charge in [0.25, 0.3) is 0 Å². The highest BCUT2D eigenvalue weighted by molar-refractivity contribution is 5.89. The number of hydrogen-bond acceptors (Lipinski definition) is 3. The number of likely N-dealkylation sites (N-methyl/N-ethyl adjacent to an activating group) is 1. The topological polar surface area (TPSA) is 47.6 Å². The number of nitrogens with one attached hydrogen (secondary N) is 2. The molecule has 128 valence electrons. The predicted molar refractivity (Wildman–Crippen MR) is 95.9 cm³/mol. The Bertz CT molecular complexity index is 492. The van der Waals surface area contributed by atoms with Crippen LogP contribution >= 0.6 is 0 Å². The van der Waals surface area contributed by atoms with Gasteiger partial charge in [-0.2, -0.15) is 0 Å². The summed E-state index contributed by atoms with van der Waals surface area (Å²) in [6, 6.07) is 8.10. The first-order valence-electron chi connectivity index (χ1n) is 8.50. The molecule has 23 heavy (non-hydrogen) atoms. The smallest absolute Gasteiger partial charge is 0.319 e. The van der Waals surface area contributed by atoms with Gasteiger partial charge >= 0.3 is 6.03 Å². The number of urea groups is 1. The standard InChI is InChI=1S/C18H30N4O/c1-14(2)17(22-11-9-21(4)10-12-22)13-19-18(23)20-16-7-5-15(3)6-8-16/h5-8,14,17H,9-13H2,1-4H3,(H2,19,20,23). The van der Waals surface area contributed by atoms with E-state index in [0.717, 1.165) is 31.9 Å². The lowest BCUT2D eigenvalue weighted by Gasteiger charge is -2.39. The Morgan fingerprint density at radius 3 is 2.30 bits per heavy atom. The zero-order valence-electron chi connectivity index (χ0n) is 14.8. The van der Waals surface area contributed by atoms with Crippen LogP contribution in [0.25, 0.3) is 0 Å². The third-order valence-electron chi connectivity index (χ3n) is 4.56. The van der Waals surface area contributed by atoms with Crippen molar-refractivity contribution in [2.75, 3.05) is 45.1 Å². The molecule has 1 unspecified atom stereocenters. The zero-order valence-corrected chi connectivity index (χ0v) is 14.8. The van der Waals surface area contributed by atoms with Crippen molar-refractivity contribution in [3.05, 3.63) is 29.8 Å². The van der Waals surface area contributed by atoms with Gasteiger partial charge in [0.15, 0.2) is 0 Å². The van der Waals surface area contributed by atoms with Crippen molar-refractivity contribution in [1.82, 2.24) is 15.1 Å². The second-order valence-corrected chi connectivity index (χ2v) is 6.85. The van der Waals surface area contributed by atoms with Crippen molar-refractivity contribution in [3.63, 3.8) is 0 Å². The van der Waals surface area contributed by atoms with Crippen LogP contribution in [0.3, 0.4) is 0 Å². The molecular formula is C18H30N4O. The highest BCUT2D eigenvalue weighted by Gasteiger charge is 2.25. The highest BCUT2D eigenvalue weighted by Crippen LogP contribution is 2.13. The lowest BCUT2D eigenvalue weighted by molar-refractivity contribution is 0.0890. The third kappa shape index (κ3) is 5.52. The van der Waals surface area contributed by atoms with Gasteiger partial charge in [0, 0.05) is 44.5 Å². The average Bonchev–Trinajstić information content (AvgIpc) is 2.51. The fourth-order valence-electron chi connectivity index (χ4n) is 2.95. The minimum Gasteiger partial charge on any atom is -0.336 e. The molecule has 1 saturated heterocycles. The van der Waals surface area contributed by atoms with Crippen molar-refractivity contribution < 1.29 is 4.79 Å². The third-order valence-corrected chi connectivity index (χ3v) is 4.56. The second kappa shape index (κ2) is 8.31. The highest BCUT2D eigenvalue weighted by atomic mass is 16.2. The lowest BCUT2D eigenvalue weighted by atomic mass is 10.0. The number of aryl methyl sites for hydroxylation is 1. The summed E-state index contributed by atoms with van der Waals surface area (Å²) in [5, 5.41) is 5.93. The number of rotatable bonds is 5. The first kappa shape index (κ1) is 17.8. The molecule has 2 N–H and O–H groups in total. The summed E-state index contributed by atoms with van der Waals surface area (Å²) in [6.07, 6.45) is 0. The number of carbonyl (C=O) groups is 1. The summed E-state index contributed by atoms with van der Waals surface area (Å²) in [6.45, 7) is 11.5. The summed E-state index contributed by atoms with van der Waals surface area (Å²) in [5.74, 6) is 0.512. The van der Waals surface area contributed by atoms with Gasteiger partial charge in [0.2, 0.25) is 0 Å². The summed E-state index contributed by atoms with van der Waals surface area (Å²) in [5.41, 5.74) is 2.01. The van der Waals surface area contributed by atoms with Gasteiger partial charge in [-0.3, -0.25) is 4.90 Å². The predicted octanol–water partition coefficient (Wildman–Crippen LogP) is 2.39. The van der Waals surface area contributed by atoms with Crippen molar-refractivity contribution in [2.24, 2.45) is 5.92 Å². The monoisotopic (exact) mass is 318 g/mol.